The molecule has 0 saturated heterocycles. The van der Waals surface area contributed by atoms with Gasteiger partial charge in [-0.3, -0.25) is 9.36 Å². The van der Waals surface area contributed by atoms with Crippen LogP contribution in [0.2, 0.25) is 0 Å². The molecule has 25 heavy (non-hydrogen) atoms. The van der Waals surface area contributed by atoms with Crippen molar-refractivity contribution in [2.24, 2.45) is 5.92 Å². The fourth-order valence-electron chi connectivity index (χ4n) is 3.49. The van der Waals surface area contributed by atoms with E-state index >= 15 is 0 Å². The first kappa shape index (κ1) is 15.5. The van der Waals surface area contributed by atoms with Crippen molar-refractivity contribution in [3.05, 3.63) is 34.1 Å². The number of hydrogen-bond donors (Lipinski definition) is 2. The number of H-pyrrole nitrogens is 1. The molecule has 4 rings (SSSR count). The quantitative estimate of drug-likeness (QED) is 0.755. The predicted molar refractivity (Wildman–Crippen MR) is 88.9 cm³/mol. The molecule has 0 spiro atoms. The second kappa shape index (κ2) is 5.23. The molecule has 0 fully saturated rings. The minimum Gasteiger partial charge on any atom is -0.488 e. The Balaban J connectivity index is 2.02. The SMILES string of the molecule is Cc1noc(C)c1-c1ccc2[nH]c(=O)n3c2c1OCC3C(C)C(=O)O. The zero-order chi connectivity index (χ0) is 17.9. The van der Waals surface area contributed by atoms with Crippen LogP contribution in [0.1, 0.15) is 24.4 Å². The zero-order valence-corrected chi connectivity index (χ0v) is 14.0. The number of aliphatic carboxylic acids is 1. The third-order valence-electron chi connectivity index (χ3n) is 4.83. The molecule has 0 saturated carbocycles. The molecule has 0 bridgehead atoms. The number of imidazole rings is 1. The number of rotatable bonds is 3. The average molecular weight is 343 g/mol. The van der Waals surface area contributed by atoms with Gasteiger partial charge in [0.25, 0.3) is 0 Å². The Kier molecular flexibility index (Phi) is 3.24. The van der Waals surface area contributed by atoms with Crippen LogP contribution in [0.3, 0.4) is 0 Å². The normalized spacial score (nSPS) is 17.5. The smallest absolute Gasteiger partial charge is 0.326 e. The van der Waals surface area contributed by atoms with Gasteiger partial charge in [-0.2, -0.15) is 0 Å². The Morgan fingerprint density at radius 3 is 2.84 bits per heavy atom. The highest BCUT2D eigenvalue weighted by molar-refractivity contribution is 5.92. The van der Waals surface area contributed by atoms with Crippen LogP contribution < -0.4 is 10.4 Å². The van der Waals surface area contributed by atoms with Crippen molar-refractivity contribution in [1.82, 2.24) is 14.7 Å². The molecule has 130 valence electrons. The van der Waals surface area contributed by atoms with Gasteiger partial charge in [0.1, 0.15) is 17.9 Å². The molecule has 8 heteroatoms. The second-order valence-electron chi connectivity index (χ2n) is 6.34. The number of nitrogens with zero attached hydrogens (tertiary/aromatic N) is 2. The van der Waals surface area contributed by atoms with Gasteiger partial charge in [-0.05, 0) is 32.9 Å². The van der Waals surface area contributed by atoms with E-state index in [-0.39, 0.29) is 12.3 Å². The molecular weight excluding hydrogens is 326 g/mol. The van der Waals surface area contributed by atoms with E-state index in [4.69, 9.17) is 9.26 Å². The fourth-order valence-corrected chi connectivity index (χ4v) is 3.49. The molecule has 1 aliphatic rings. The van der Waals surface area contributed by atoms with Crippen molar-refractivity contribution in [3.8, 4) is 16.9 Å². The molecule has 2 unspecified atom stereocenters. The summed E-state index contributed by atoms with van der Waals surface area (Å²) in [6.07, 6.45) is 0. The lowest BCUT2D eigenvalue weighted by molar-refractivity contribution is -0.143. The molecule has 1 aromatic carbocycles. The molecule has 2 N–H and O–H groups in total. The van der Waals surface area contributed by atoms with E-state index in [9.17, 15) is 14.7 Å². The zero-order valence-electron chi connectivity index (χ0n) is 14.0. The topological polar surface area (TPSA) is 110 Å². The highest BCUT2D eigenvalue weighted by atomic mass is 16.5. The number of aromatic nitrogens is 3. The number of carboxylic acids is 1. The van der Waals surface area contributed by atoms with E-state index < -0.39 is 17.9 Å². The van der Waals surface area contributed by atoms with E-state index in [0.717, 1.165) is 16.8 Å². The summed E-state index contributed by atoms with van der Waals surface area (Å²) in [6.45, 7) is 5.33. The fraction of sp³-hybridized carbons (Fsp3) is 0.353. The van der Waals surface area contributed by atoms with Gasteiger partial charge < -0.3 is 19.4 Å². The number of benzene rings is 1. The summed E-state index contributed by atoms with van der Waals surface area (Å²) in [4.78, 5) is 26.6. The average Bonchev–Trinajstić information content (AvgIpc) is 3.09. The van der Waals surface area contributed by atoms with E-state index in [0.29, 0.717) is 22.5 Å². The Morgan fingerprint density at radius 2 is 2.20 bits per heavy atom. The maximum Gasteiger partial charge on any atom is 0.326 e. The Hall–Kier alpha value is -3.03. The van der Waals surface area contributed by atoms with E-state index in [1.54, 1.807) is 13.0 Å². The van der Waals surface area contributed by atoms with Crippen LogP contribution in [-0.4, -0.2) is 32.4 Å². The maximum atomic E-state index is 12.5. The Morgan fingerprint density at radius 1 is 1.44 bits per heavy atom. The second-order valence-corrected chi connectivity index (χ2v) is 6.34. The van der Waals surface area contributed by atoms with Crippen LogP contribution >= 0.6 is 0 Å². The van der Waals surface area contributed by atoms with Crippen molar-refractivity contribution >= 4 is 17.0 Å². The summed E-state index contributed by atoms with van der Waals surface area (Å²) in [6, 6.07) is 3.06. The summed E-state index contributed by atoms with van der Waals surface area (Å²) in [7, 11) is 0. The number of aryl methyl sites for hydroxylation is 2. The highest BCUT2D eigenvalue weighted by Gasteiger charge is 2.34. The lowest BCUT2D eigenvalue weighted by Crippen LogP contribution is -2.36. The monoisotopic (exact) mass is 343 g/mol. The molecule has 2 aromatic heterocycles. The van der Waals surface area contributed by atoms with E-state index in [2.05, 4.69) is 10.1 Å². The van der Waals surface area contributed by atoms with Gasteiger partial charge in [-0.1, -0.05) is 5.16 Å². The summed E-state index contributed by atoms with van der Waals surface area (Å²) in [5.41, 5.74) is 3.17. The Labute approximate surface area is 142 Å². The van der Waals surface area contributed by atoms with Crippen LogP contribution in [0.25, 0.3) is 22.2 Å². The largest absolute Gasteiger partial charge is 0.488 e. The minimum absolute atomic E-state index is 0.105. The molecule has 8 nitrogen and oxygen atoms in total. The van der Waals surface area contributed by atoms with Crippen LogP contribution in [0, 0.1) is 19.8 Å². The van der Waals surface area contributed by atoms with Gasteiger partial charge >= 0.3 is 11.7 Å². The summed E-state index contributed by atoms with van der Waals surface area (Å²) >= 11 is 0. The molecule has 0 radical (unpaired) electrons. The van der Waals surface area contributed by atoms with Crippen LogP contribution in [0.15, 0.2) is 21.5 Å². The van der Waals surface area contributed by atoms with Crippen LogP contribution in [0.5, 0.6) is 5.75 Å². The molecule has 0 amide bonds. The van der Waals surface area contributed by atoms with Gasteiger partial charge in [-0.15, -0.1) is 0 Å². The number of ether oxygens (including phenoxy) is 1. The van der Waals surface area contributed by atoms with E-state index in [1.807, 2.05) is 19.9 Å². The minimum atomic E-state index is -0.972. The standard InChI is InChI=1S/C17H17N3O5/c1-7(16(21)22)12-6-24-15-10(13-8(2)19-25-9(13)3)4-5-11-14(15)20(12)17(23)18-11/h4-5,7,12H,6H2,1-3H3,(H,18,23)(H,21,22). The number of aromatic amines is 1. The number of nitrogens with one attached hydrogen (secondary N) is 1. The molecule has 3 heterocycles. The third-order valence-corrected chi connectivity index (χ3v) is 4.83. The van der Waals surface area contributed by atoms with E-state index in [1.165, 1.54) is 4.57 Å². The van der Waals surface area contributed by atoms with Crippen LogP contribution in [0.4, 0.5) is 0 Å². The van der Waals surface area contributed by atoms with Gasteiger partial charge in [-0.25, -0.2) is 4.79 Å². The first-order valence-corrected chi connectivity index (χ1v) is 7.96. The van der Waals surface area contributed by atoms with Crippen molar-refractivity contribution < 1.29 is 19.2 Å². The molecule has 1 aliphatic heterocycles. The van der Waals surface area contributed by atoms with Crippen LogP contribution in [-0.2, 0) is 4.79 Å². The highest BCUT2D eigenvalue weighted by Crippen LogP contribution is 2.42. The van der Waals surface area contributed by atoms with Gasteiger partial charge in [0.2, 0.25) is 0 Å². The van der Waals surface area contributed by atoms with Crippen molar-refractivity contribution in [2.75, 3.05) is 6.61 Å². The molecule has 0 aliphatic carbocycles. The third kappa shape index (κ3) is 2.10. The predicted octanol–water partition coefficient (Wildman–Crippen LogP) is 2.26. The lowest BCUT2D eigenvalue weighted by atomic mass is 9.98. The summed E-state index contributed by atoms with van der Waals surface area (Å²) < 4.78 is 12.7. The van der Waals surface area contributed by atoms with Crippen molar-refractivity contribution in [3.63, 3.8) is 0 Å². The summed E-state index contributed by atoms with van der Waals surface area (Å²) in [5.74, 6) is -0.533. The molecule has 3 aromatic rings. The van der Waals surface area contributed by atoms with Crippen molar-refractivity contribution in [1.29, 1.82) is 0 Å². The molecular formula is C17H17N3O5. The lowest BCUT2D eigenvalue weighted by Gasteiger charge is -2.28. The summed E-state index contributed by atoms with van der Waals surface area (Å²) in [5, 5.41) is 13.3. The number of hydrogen-bond acceptors (Lipinski definition) is 5. The van der Waals surface area contributed by atoms with Gasteiger partial charge in [0.15, 0.2) is 5.75 Å². The Bertz CT molecular complexity index is 1040. The number of carboxylic acid groups (broad SMARTS) is 1. The molecule has 2 atom stereocenters. The maximum absolute atomic E-state index is 12.5. The van der Waals surface area contributed by atoms with Gasteiger partial charge in [0, 0.05) is 5.56 Å². The number of carbonyl (C=O) groups is 1. The van der Waals surface area contributed by atoms with Crippen molar-refractivity contribution in [2.45, 2.75) is 26.8 Å². The first-order valence-electron chi connectivity index (χ1n) is 7.96. The first-order chi connectivity index (χ1) is 11.9. The van der Waals surface area contributed by atoms with Gasteiger partial charge in [0.05, 0.1) is 28.7 Å².